The molecule has 3 N–H and O–H groups in total. The number of piperidine rings is 1. The summed E-state index contributed by atoms with van der Waals surface area (Å²) < 4.78 is 94.0. The van der Waals surface area contributed by atoms with Crippen LogP contribution in [0.15, 0.2) is 48.5 Å². The Morgan fingerprint density at radius 3 is 2.33 bits per heavy atom. The largest absolute Gasteiger partial charge is 0.489 e. The van der Waals surface area contributed by atoms with Crippen molar-refractivity contribution in [3.05, 3.63) is 88.2 Å². The maximum atomic E-state index is 14.2. The van der Waals surface area contributed by atoms with Crippen molar-refractivity contribution in [2.75, 3.05) is 41.2 Å². The van der Waals surface area contributed by atoms with Crippen LogP contribution in [0.25, 0.3) is 6.08 Å². The summed E-state index contributed by atoms with van der Waals surface area (Å²) in [5.41, 5.74) is 5.99. The predicted octanol–water partition coefficient (Wildman–Crippen LogP) is 5.88. The lowest BCUT2D eigenvalue weighted by atomic mass is 10.1. The van der Waals surface area contributed by atoms with E-state index in [2.05, 4.69) is 4.98 Å². The highest BCUT2D eigenvalue weighted by molar-refractivity contribution is 7.93. The molecule has 2 aromatic carbocycles. The smallest absolute Gasteiger partial charge is 0.323 e. The van der Waals surface area contributed by atoms with Crippen LogP contribution in [0.2, 0.25) is 5.02 Å². The molecule has 4 rings (SSSR count). The SMILES string of the molecule is CCOC(=O)CS(=O)(=O)N(C/C=C/c1cccc(C(=N)N)c1)c1ccc(OC2CCN(c3c(F)c(F)nc(F)c3F)CC2)c(Cl)c1.Cl.Cl. The first kappa shape index (κ1) is 40.4. The van der Waals surface area contributed by atoms with E-state index in [9.17, 15) is 30.8 Å². The Morgan fingerprint density at radius 2 is 1.75 bits per heavy atom. The quantitative estimate of drug-likeness (QED) is 0.0769. The van der Waals surface area contributed by atoms with Gasteiger partial charge in [0.1, 0.15) is 23.4 Å². The number of nitrogens with zero attached hydrogens (tertiary/aromatic N) is 3. The minimum Gasteiger partial charge on any atom is -0.489 e. The van der Waals surface area contributed by atoms with Crippen LogP contribution in [-0.2, 0) is 19.6 Å². The van der Waals surface area contributed by atoms with Crippen molar-refractivity contribution in [3.8, 4) is 5.75 Å². The molecule has 1 fully saturated rings. The van der Waals surface area contributed by atoms with E-state index in [0.717, 1.165) is 4.31 Å². The highest BCUT2D eigenvalue weighted by atomic mass is 35.5. The Balaban J connectivity index is 0.00000400. The number of nitrogen functional groups attached to an aromatic ring is 1. The maximum absolute atomic E-state index is 14.2. The number of anilines is 2. The number of hydrogen-bond donors (Lipinski definition) is 2. The Hall–Kier alpha value is -3.79. The second-order valence-corrected chi connectivity index (χ2v) is 12.4. The van der Waals surface area contributed by atoms with Gasteiger partial charge in [-0.25, -0.2) is 8.42 Å². The van der Waals surface area contributed by atoms with Crippen LogP contribution < -0.4 is 19.7 Å². The molecule has 0 amide bonds. The molecule has 3 aromatic rings. The van der Waals surface area contributed by atoms with Gasteiger partial charge in [-0.2, -0.15) is 22.5 Å². The zero-order valence-corrected chi connectivity index (χ0v) is 28.5. The van der Waals surface area contributed by atoms with Gasteiger partial charge in [-0.1, -0.05) is 42.0 Å². The van der Waals surface area contributed by atoms with E-state index >= 15 is 0 Å². The van der Waals surface area contributed by atoms with Crippen molar-refractivity contribution in [1.82, 2.24) is 4.98 Å². The molecule has 0 spiro atoms. The van der Waals surface area contributed by atoms with Gasteiger partial charge in [0.25, 0.3) is 11.9 Å². The van der Waals surface area contributed by atoms with Crippen molar-refractivity contribution >= 4 is 75.7 Å². The molecule has 0 radical (unpaired) electrons. The normalized spacial score (nSPS) is 13.4. The number of pyridine rings is 1. The molecule has 18 heteroatoms. The van der Waals surface area contributed by atoms with Crippen molar-refractivity contribution in [1.29, 1.82) is 5.41 Å². The molecule has 0 aliphatic carbocycles. The van der Waals surface area contributed by atoms with Crippen LogP contribution in [0.4, 0.5) is 28.9 Å². The molecule has 0 unspecified atom stereocenters. The number of ether oxygens (including phenoxy) is 2. The maximum Gasteiger partial charge on any atom is 0.323 e. The van der Waals surface area contributed by atoms with Gasteiger partial charge in [0, 0.05) is 31.5 Å². The number of aromatic nitrogens is 1. The molecule has 1 saturated heterocycles. The topological polar surface area (TPSA) is 139 Å². The van der Waals surface area contributed by atoms with E-state index in [1.807, 2.05) is 0 Å². The van der Waals surface area contributed by atoms with Crippen LogP contribution >= 0.6 is 36.4 Å². The average molecular weight is 757 g/mol. The molecule has 262 valence electrons. The fourth-order valence-electron chi connectivity index (χ4n) is 4.77. The minimum absolute atomic E-state index is 0. The first-order valence-corrected chi connectivity index (χ1v) is 16.0. The summed E-state index contributed by atoms with van der Waals surface area (Å²) in [6, 6.07) is 11.0. The lowest BCUT2D eigenvalue weighted by molar-refractivity contribution is -0.139. The second-order valence-electron chi connectivity index (χ2n) is 10.1. The van der Waals surface area contributed by atoms with Gasteiger partial charge in [-0.3, -0.25) is 14.5 Å². The number of rotatable bonds is 12. The van der Waals surface area contributed by atoms with E-state index < -0.39 is 57.1 Å². The standard InChI is InChI=1S/C30H30ClF4N5O5S.2ClH/c1-2-44-24(41)17-46(42,43)40(12-4-6-18-5-3-7-19(15-18)30(36)37)20-8-9-23(22(31)16-20)45-21-10-13-39(14-11-21)27-25(32)28(34)38-29(35)26(27)33;;/h3-9,15-16,21H,2,10-14,17H2,1H3,(H3,36,37);2*1H/b6-4+;;. The van der Waals surface area contributed by atoms with Crippen LogP contribution in [0, 0.1) is 28.9 Å². The van der Waals surface area contributed by atoms with Gasteiger partial charge in [0.2, 0.25) is 21.7 Å². The molecule has 48 heavy (non-hydrogen) atoms. The van der Waals surface area contributed by atoms with Crippen LogP contribution in [0.3, 0.4) is 0 Å². The molecular weight excluding hydrogens is 725 g/mol. The third kappa shape index (κ3) is 9.87. The van der Waals surface area contributed by atoms with E-state index in [0.29, 0.717) is 11.1 Å². The number of halogens is 7. The van der Waals surface area contributed by atoms with E-state index in [4.69, 9.17) is 32.2 Å². The second kappa shape index (κ2) is 17.6. The van der Waals surface area contributed by atoms with Crippen LogP contribution in [-0.4, -0.2) is 63.3 Å². The molecule has 1 aliphatic heterocycles. The van der Waals surface area contributed by atoms with Gasteiger partial charge < -0.3 is 20.1 Å². The van der Waals surface area contributed by atoms with Crippen molar-refractivity contribution < 1.29 is 40.2 Å². The van der Waals surface area contributed by atoms with Gasteiger partial charge in [-0.05, 0) is 36.8 Å². The fraction of sp³-hybridized carbons (Fsp3) is 0.300. The molecule has 1 aliphatic rings. The highest BCUT2D eigenvalue weighted by Gasteiger charge is 2.30. The average Bonchev–Trinajstić information content (AvgIpc) is 3.00. The van der Waals surface area contributed by atoms with Gasteiger partial charge in [0.05, 0.1) is 23.9 Å². The van der Waals surface area contributed by atoms with E-state index in [-0.39, 0.29) is 86.2 Å². The van der Waals surface area contributed by atoms with Crippen LogP contribution in [0.1, 0.15) is 30.9 Å². The van der Waals surface area contributed by atoms with Crippen molar-refractivity contribution in [2.24, 2.45) is 5.73 Å². The van der Waals surface area contributed by atoms with E-state index in [1.165, 1.54) is 23.1 Å². The van der Waals surface area contributed by atoms with Gasteiger partial charge >= 0.3 is 5.97 Å². The summed E-state index contributed by atoms with van der Waals surface area (Å²) in [4.78, 5) is 15.9. The lowest BCUT2D eigenvalue weighted by Crippen LogP contribution is -2.39. The molecule has 1 aromatic heterocycles. The monoisotopic (exact) mass is 755 g/mol. The Bertz CT molecular complexity index is 1740. The number of benzene rings is 2. The number of carbonyl (C=O) groups excluding carboxylic acids is 1. The summed E-state index contributed by atoms with van der Waals surface area (Å²) in [5, 5.41) is 7.65. The number of nitrogens with one attached hydrogen (secondary N) is 1. The Labute approximate surface area is 292 Å². The third-order valence-electron chi connectivity index (χ3n) is 6.95. The number of hydrogen-bond acceptors (Lipinski definition) is 8. The minimum atomic E-state index is -4.25. The predicted molar refractivity (Wildman–Crippen MR) is 180 cm³/mol. The Morgan fingerprint density at radius 1 is 1.10 bits per heavy atom. The summed E-state index contributed by atoms with van der Waals surface area (Å²) in [7, 11) is -4.25. The fourth-order valence-corrected chi connectivity index (χ4v) is 6.28. The molecular formula is C30H32Cl3F4N5O5S. The molecule has 2 heterocycles. The summed E-state index contributed by atoms with van der Waals surface area (Å²) >= 11 is 6.49. The number of amidine groups is 1. The third-order valence-corrected chi connectivity index (χ3v) is 8.88. The summed E-state index contributed by atoms with van der Waals surface area (Å²) in [6.45, 7) is 1.39. The van der Waals surface area contributed by atoms with Crippen LogP contribution in [0.5, 0.6) is 5.75 Å². The van der Waals surface area contributed by atoms with Gasteiger partial charge in [0.15, 0.2) is 5.75 Å². The molecule has 10 nitrogen and oxygen atoms in total. The zero-order chi connectivity index (χ0) is 33.6. The van der Waals surface area contributed by atoms with Crippen molar-refractivity contribution in [3.63, 3.8) is 0 Å². The summed E-state index contributed by atoms with van der Waals surface area (Å²) in [5.74, 6) is -8.43. The number of carbonyl (C=O) groups is 1. The van der Waals surface area contributed by atoms with Gasteiger partial charge in [-0.15, -0.1) is 24.8 Å². The molecule has 0 bridgehead atoms. The number of esters is 1. The zero-order valence-electron chi connectivity index (χ0n) is 25.3. The first-order valence-electron chi connectivity index (χ1n) is 14.0. The first-order chi connectivity index (χ1) is 21.8. The van der Waals surface area contributed by atoms with E-state index in [1.54, 1.807) is 43.3 Å². The summed E-state index contributed by atoms with van der Waals surface area (Å²) in [6.07, 6.45) is 3.15. The molecule has 0 saturated carbocycles. The van der Waals surface area contributed by atoms with Crippen molar-refractivity contribution in [2.45, 2.75) is 25.9 Å². The number of sulfonamides is 1. The lowest BCUT2D eigenvalue weighted by Gasteiger charge is -2.34. The molecule has 0 atom stereocenters. The Kier molecular flexibility index (Phi) is 14.8. The highest BCUT2D eigenvalue weighted by Crippen LogP contribution is 2.34. The number of nitrogens with two attached hydrogens (primary N) is 1.